The van der Waals surface area contributed by atoms with Crippen molar-refractivity contribution in [2.75, 3.05) is 27.2 Å². The van der Waals surface area contributed by atoms with Crippen molar-refractivity contribution in [1.29, 1.82) is 0 Å². The summed E-state index contributed by atoms with van der Waals surface area (Å²) in [5.41, 5.74) is 10.5. The van der Waals surface area contributed by atoms with E-state index in [0.717, 1.165) is 69.1 Å². The standard InChI is InChI=1S/C27H38N2O3.C19H25N.C8H15NO4/c1-27(2,3)32-26(31)29(4)21-25(30)28-24(19-11-17-22-13-7-5-8-14-22)20-12-18-23-15-9-6-10-16-23;20-19(15-7-13-17-9-3-1-4-10-17)16-8-14-18-11-5-2-6-12-18;1-8(2,3)13-7(12)9(4)5-6(10)11/h5-10,13-16,24H,11-12,17-21H2,1-4H3,(H,28,30);1-6,9-12,19H,7-8,13-16,20H2;5H2,1-4H3,(H,10,11). The molecule has 65 heavy (non-hydrogen) atoms. The molecule has 0 heterocycles. The monoisotopic (exact) mass is 895 g/mol. The van der Waals surface area contributed by atoms with Crippen LogP contribution in [0.4, 0.5) is 9.59 Å². The molecule has 3 amide bonds. The van der Waals surface area contributed by atoms with Gasteiger partial charge in [0.1, 0.15) is 24.3 Å². The van der Waals surface area contributed by atoms with Crippen LogP contribution in [0.1, 0.15) is 115 Å². The second-order valence-electron chi connectivity index (χ2n) is 18.6. The van der Waals surface area contributed by atoms with Crippen LogP contribution >= 0.6 is 0 Å². The van der Waals surface area contributed by atoms with Crippen molar-refractivity contribution in [3.8, 4) is 0 Å². The quantitative estimate of drug-likeness (QED) is 0.0748. The smallest absolute Gasteiger partial charge is 0.410 e. The first-order valence-corrected chi connectivity index (χ1v) is 23.1. The van der Waals surface area contributed by atoms with Gasteiger partial charge >= 0.3 is 18.2 Å². The SMILES string of the molecule is CN(CC(=O)NC(CCCc1ccccc1)CCCc1ccccc1)C(=O)OC(C)(C)C.CN(CC(=O)O)C(=O)OC(C)(C)C.NC(CCCc1ccccc1)CCCc1ccccc1. The number of nitrogens with one attached hydrogen (secondary N) is 1. The lowest BCUT2D eigenvalue weighted by atomic mass is 9.99. The van der Waals surface area contributed by atoms with Gasteiger partial charge in [-0.1, -0.05) is 121 Å². The van der Waals surface area contributed by atoms with Gasteiger partial charge in [0, 0.05) is 26.2 Å². The van der Waals surface area contributed by atoms with Gasteiger partial charge in [-0.3, -0.25) is 9.59 Å². The van der Waals surface area contributed by atoms with Crippen molar-refractivity contribution in [3.05, 3.63) is 144 Å². The highest BCUT2D eigenvalue weighted by atomic mass is 16.6. The van der Waals surface area contributed by atoms with Crippen LogP contribution in [0.2, 0.25) is 0 Å². The molecule has 356 valence electrons. The van der Waals surface area contributed by atoms with E-state index in [1.807, 2.05) is 32.9 Å². The predicted octanol–water partition coefficient (Wildman–Crippen LogP) is 10.7. The first kappa shape index (κ1) is 55.5. The zero-order chi connectivity index (χ0) is 48.1. The molecule has 4 aromatic rings. The summed E-state index contributed by atoms with van der Waals surface area (Å²) in [6.45, 7) is 10.2. The maximum atomic E-state index is 12.6. The number of hydrogen-bond donors (Lipinski definition) is 3. The van der Waals surface area contributed by atoms with Gasteiger partial charge in [0.2, 0.25) is 5.91 Å². The third-order valence-corrected chi connectivity index (χ3v) is 10.0. The minimum Gasteiger partial charge on any atom is -0.480 e. The van der Waals surface area contributed by atoms with Crippen LogP contribution in [-0.4, -0.2) is 89.4 Å². The number of nitrogens with two attached hydrogens (primary N) is 1. The molecule has 4 rings (SSSR count). The lowest BCUT2D eigenvalue weighted by Gasteiger charge is -2.25. The van der Waals surface area contributed by atoms with E-state index < -0.39 is 29.4 Å². The van der Waals surface area contributed by atoms with E-state index in [-0.39, 0.29) is 25.0 Å². The van der Waals surface area contributed by atoms with E-state index in [0.29, 0.717) is 6.04 Å². The van der Waals surface area contributed by atoms with Crippen LogP contribution in [0.25, 0.3) is 0 Å². The molecule has 4 aromatic carbocycles. The molecule has 0 fully saturated rings. The first-order valence-electron chi connectivity index (χ1n) is 23.1. The van der Waals surface area contributed by atoms with Crippen molar-refractivity contribution in [3.63, 3.8) is 0 Å². The largest absolute Gasteiger partial charge is 0.480 e. The van der Waals surface area contributed by atoms with Crippen molar-refractivity contribution in [1.82, 2.24) is 15.1 Å². The summed E-state index contributed by atoms with van der Waals surface area (Å²) >= 11 is 0. The van der Waals surface area contributed by atoms with Gasteiger partial charge in [0.05, 0.1) is 0 Å². The molecule has 0 atom stereocenters. The van der Waals surface area contributed by atoms with E-state index >= 15 is 0 Å². The van der Waals surface area contributed by atoms with Crippen molar-refractivity contribution in [2.24, 2.45) is 5.73 Å². The molecule has 0 saturated heterocycles. The van der Waals surface area contributed by atoms with Crippen LogP contribution in [-0.2, 0) is 44.7 Å². The molecular weight excluding hydrogens is 817 g/mol. The van der Waals surface area contributed by atoms with Crippen LogP contribution in [0.3, 0.4) is 0 Å². The van der Waals surface area contributed by atoms with Gasteiger partial charge in [-0.25, -0.2) is 9.59 Å². The molecule has 0 saturated carbocycles. The third kappa shape index (κ3) is 28.7. The molecule has 0 radical (unpaired) electrons. The molecule has 11 nitrogen and oxygen atoms in total. The Kier molecular flexibility index (Phi) is 26.0. The van der Waals surface area contributed by atoms with Crippen LogP contribution in [0.5, 0.6) is 0 Å². The lowest BCUT2D eigenvalue weighted by Crippen LogP contribution is -2.44. The fourth-order valence-electron chi connectivity index (χ4n) is 6.75. The fraction of sp³-hybridized carbons (Fsp3) is 0.481. The van der Waals surface area contributed by atoms with Gasteiger partial charge in [-0.15, -0.1) is 0 Å². The van der Waals surface area contributed by atoms with Crippen molar-refractivity contribution >= 4 is 24.1 Å². The Balaban J connectivity index is 0.000000373. The van der Waals surface area contributed by atoms with Crippen molar-refractivity contribution < 1.29 is 33.8 Å². The summed E-state index contributed by atoms with van der Waals surface area (Å²) in [5, 5.41) is 11.5. The number of likely N-dealkylation sites (N-methyl/N-ethyl adjacent to an activating group) is 2. The normalized spacial score (nSPS) is 11.1. The molecular formula is C54H78N4O7. The zero-order valence-electron chi connectivity index (χ0n) is 40.5. The molecule has 0 aliphatic carbocycles. The Morgan fingerprint density at radius 3 is 1.11 bits per heavy atom. The van der Waals surface area contributed by atoms with Crippen LogP contribution in [0, 0.1) is 0 Å². The minimum atomic E-state index is -1.06. The zero-order valence-corrected chi connectivity index (χ0v) is 40.5. The Morgan fingerprint density at radius 2 is 0.815 bits per heavy atom. The highest BCUT2D eigenvalue weighted by molar-refractivity contribution is 5.82. The van der Waals surface area contributed by atoms with E-state index in [4.69, 9.17) is 20.3 Å². The number of rotatable bonds is 21. The summed E-state index contributed by atoms with van der Waals surface area (Å²) < 4.78 is 10.3. The number of amides is 3. The summed E-state index contributed by atoms with van der Waals surface area (Å²) in [7, 11) is 2.97. The maximum absolute atomic E-state index is 12.6. The van der Waals surface area contributed by atoms with Gasteiger partial charge in [0.15, 0.2) is 0 Å². The number of carbonyl (C=O) groups is 4. The second kappa shape index (κ2) is 30.5. The molecule has 0 bridgehead atoms. The summed E-state index contributed by atoms with van der Waals surface area (Å²) in [6, 6.07) is 42.6. The molecule has 0 aromatic heterocycles. The van der Waals surface area contributed by atoms with Gasteiger partial charge in [-0.05, 0) is 141 Å². The molecule has 11 heteroatoms. The number of carbonyl (C=O) groups excluding carboxylic acids is 3. The number of nitrogens with zero attached hydrogens (tertiary/aromatic N) is 2. The second-order valence-corrected chi connectivity index (χ2v) is 18.6. The Morgan fingerprint density at radius 1 is 0.523 bits per heavy atom. The number of carboxylic acid groups (broad SMARTS) is 1. The van der Waals surface area contributed by atoms with Crippen LogP contribution in [0.15, 0.2) is 121 Å². The average molecular weight is 895 g/mol. The summed E-state index contributed by atoms with van der Waals surface area (Å²) in [4.78, 5) is 48.5. The molecule has 0 aliphatic heterocycles. The minimum absolute atomic E-state index is 0.0111. The van der Waals surface area contributed by atoms with E-state index in [1.54, 1.807) is 27.8 Å². The average Bonchev–Trinajstić information content (AvgIpc) is 3.24. The van der Waals surface area contributed by atoms with Gasteiger partial charge in [0.25, 0.3) is 0 Å². The molecule has 0 unspecified atom stereocenters. The fourth-order valence-corrected chi connectivity index (χ4v) is 6.75. The summed E-state index contributed by atoms with van der Waals surface area (Å²) in [6.07, 6.45) is 11.6. The van der Waals surface area contributed by atoms with Crippen molar-refractivity contribution in [2.45, 2.75) is 142 Å². The summed E-state index contributed by atoms with van der Waals surface area (Å²) in [5.74, 6) is -1.21. The molecule has 4 N–H and O–H groups in total. The van der Waals surface area contributed by atoms with E-state index in [1.165, 1.54) is 47.0 Å². The third-order valence-electron chi connectivity index (χ3n) is 10.0. The predicted molar refractivity (Wildman–Crippen MR) is 263 cm³/mol. The Hall–Kier alpha value is -5.68. The number of aryl methyl sites for hydroxylation is 4. The van der Waals surface area contributed by atoms with Crippen LogP contribution < -0.4 is 11.1 Å². The number of aliphatic carboxylic acids is 1. The molecule has 0 aliphatic rings. The maximum Gasteiger partial charge on any atom is 0.410 e. The van der Waals surface area contributed by atoms with E-state index in [2.05, 4.69) is 115 Å². The number of carboxylic acids is 1. The Bertz CT molecular complexity index is 1810. The van der Waals surface area contributed by atoms with Gasteiger partial charge in [-0.2, -0.15) is 0 Å². The van der Waals surface area contributed by atoms with E-state index in [9.17, 15) is 19.2 Å². The number of ether oxygens (including phenoxy) is 2. The topological polar surface area (TPSA) is 152 Å². The highest BCUT2D eigenvalue weighted by Crippen LogP contribution is 2.15. The lowest BCUT2D eigenvalue weighted by molar-refractivity contribution is -0.138. The number of benzene rings is 4. The number of hydrogen-bond acceptors (Lipinski definition) is 7. The molecule has 0 spiro atoms. The van der Waals surface area contributed by atoms with Gasteiger partial charge < -0.3 is 35.4 Å². The highest BCUT2D eigenvalue weighted by Gasteiger charge is 2.23. The Labute approximate surface area is 390 Å². The first-order chi connectivity index (χ1) is 30.8.